The molecule has 3 rings (SSSR count). The van der Waals surface area contributed by atoms with E-state index in [9.17, 15) is 14.4 Å². The van der Waals surface area contributed by atoms with Crippen molar-refractivity contribution in [1.82, 2.24) is 14.7 Å². The molecule has 0 atom stereocenters. The fourth-order valence-electron chi connectivity index (χ4n) is 2.72. The number of imidazole rings is 1. The van der Waals surface area contributed by atoms with Gasteiger partial charge in [0.25, 0.3) is 11.8 Å². The van der Waals surface area contributed by atoms with E-state index in [1.165, 1.54) is 6.92 Å². The van der Waals surface area contributed by atoms with Gasteiger partial charge in [-0.1, -0.05) is 19.9 Å². The Hall–Kier alpha value is -3.48. The van der Waals surface area contributed by atoms with Crippen molar-refractivity contribution in [2.75, 3.05) is 11.9 Å². The maximum Gasteiger partial charge on any atom is 0.287 e. The molecule has 7 heteroatoms. The molecule has 1 aromatic carbocycles. The molecule has 0 saturated heterocycles. The Morgan fingerprint density at radius 1 is 1.04 bits per heavy atom. The number of rotatable bonds is 6. The second kappa shape index (κ2) is 8.04. The van der Waals surface area contributed by atoms with Gasteiger partial charge in [-0.2, -0.15) is 0 Å². The number of nitrogens with one attached hydrogen (secondary N) is 2. The van der Waals surface area contributed by atoms with Crippen molar-refractivity contribution >= 4 is 28.8 Å². The molecule has 28 heavy (non-hydrogen) atoms. The molecular formula is C21H22N4O3. The van der Waals surface area contributed by atoms with E-state index in [2.05, 4.69) is 15.6 Å². The van der Waals surface area contributed by atoms with E-state index >= 15 is 0 Å². The van der Waals surface area contributed by atoms with Gasteiger partial charge in [0, 0.05) is 24.0 Å². The topological polar surface area (TPSA) is 92.6 Å². The Labute approximate surface area is 162 Å². The standard InChI is InChI=1S/C21H22N4O3/c1-13(2)12-22-21(28)19-24-18(17-6-4-5-11-25(17)19)20(27)23-16-9-7-15(8-10-16)14(3)26/h4-11,13H,12H2,1-3H3,(H,22,28)(H,23,27). The fourth-order valence-corrected chi connectivity index (χ4v) is 2.72. The molecule has 144 valence electrons. The van der Waals surface area contributed by atoms with Crippen LogP contribution in [0.2, 0.25) is 0 Å². The number of fused-ring (bicyclic) bond motifs is 1. The van der Waals surface area contributed by atoms with Crippen molar-refractivity contribution in [3.63, 3.8) is 0 Å². The summed E-state index contributed by atoms with van der Waals surface area (Å²) in [4.78, 5) is 40.9. The van der Waals surface area contributed by atoms with Crippen LogP contribution in [0.15, 0.2) is 48.7 Å². The molecule has 0 radical (unpaired) electrons. The molecule has 0 saturated carbocycles. The first-order chi connectivity index (χ1) is 13.4. The average Bonchev–Trinajstić information content (AvgIpc) is 3.06. The van der Waals surface area contributed by atoms with Gasteiger partial charge in [0.1, 0.15) is 0 Å². The predicted molar refractivity (Wildman–Crippen MR) is 107 cm³/mol. The Morgan fingerprint density at radius 2 is 1.75 bits per heavy atom. The molecule has 0 fully saturated rings. The Balaban J connectivity index is 1.88. The third-order valence-electron chi connectivity index (χ3n) is 4.19. The SMILES string of the molecule is CC(=O)c1ccc(NC(=O)c2nc(C(=O)NCC(C)C)n3ccccc23)cc1. The fraction of sp³-hybridized carbons (Fsp3) is 0.238. The molecule has 2 heterocycles. The molecular weight excluding hydrogens is 356 g/mol. The van der Waals surface area contributed by atoms with Crippen molar-refractivity contribution < 1.29 is 14.4 Å². The zero-order chi connectivity index (χ0) is 20.3. The van der Waals surface area contributed by atoms with Crippen molar-refractivity contribution in [3.8, 4) is 0 Å². The summed E-state index contributed by atoms with van der Waals surface area (Å²) in [6, 6.07) is 11.9. The molecule has 0 bridgehead atoms. The monoisotopic (exact) mass is 378 g/mol. The number of hydrogen-bond acceptors (Lipinski definition) is 4. The number of hydrogen-bond donors (Lipinski definition) is 2. The second-order valence-corrected chi connectivity index (χ2v) is 6.93. The third-order valence-corrected chi connectivity index (χ3v) is 4.19. The lowest BCUT2D eigenvalue weighted by Crippen LogP contribution is -2.29. The summed E-state index contributed by atoms with van der Waals surface area (Å²) >= 11 is 0. The third kappa shape index (κ3) is 4.09. The number of ketones is 1. The number of nitrogens with zero attached hydrogens (tertiary/aromatic N) is 2. The van der Waals surface area contributed by atoms with E-state index in [0.717, 1.165) is 0 Å². The molecule has 2 amide bonds. The zero-order valence-electron chi connectivity index (χ0n) is 16.0. The van der Waals surface area contributed by atoms with Gasteiger partial charge in [0.15, 0.2) is 11.5 Å². The van der Waals surface area contributed by atoms with Gasteiger partial charge in [-0.25, -0.2) is 4.98 Å². The first-order valence-electron chi connectivity index (χ1n) is 9.04. The molecule has 0 unspecified atom stereocenters. The van der Waals surface area contributed by atoms with Crippen LogP contribution in [0.4, 0.5) is 5.69 Å². The smallest absolute Gasteiger partial charge is 0.287 e. The van der Waals surface area contributed by atoms with E-state index in [1.54, 1.807) is 53.1 Å². The molecule has 0 aliphatic carbocycles. The van der Waals surface area contributed by atoms with E-state index in [0.29, 0.717) is 29.2 Å². The highest BCUT2D eigenvalue weighted by atomic mass is 16.2. The van der Waals surface area contributed by atoms with Crippen LogP contribution in [-0.4, -0.2) is 33.5 Å². The second-order valence-electron chi connectivity index (χ2n) is 6.93. The van der Waals surface area contributed by atoms with Crippen molar-refractivity contribution in [2.24, 2.45) is 5.92 Å². The van der Waals surface area contributed by atoms with Gasteiger partial charge in [-0.05, 0) is 49.2 Å². The highest BCUT2D eigenvalue weighted by molar-refractivity contribution is 6.09. The predicted octanol–water partition coefficient (Wildman–Crippen LogP) is 3.18. The molecule has 2 aromatic heterocycles. The number of benzene rings is 1. The molecule has 0 aliphatic rings. The molecule has 3 aromatic rings. The van der Waals surface area contributed by atoms with Gasteiger partial charge < -0.3 is 10.6 Å². The Bertz CT molecular complexity index is 1040. The van der Waals surface area contributed by atoms with Crippen LogP contribution in [0.3, 0.4) is 0 Å². The summed E-state index contributed by atoms with van der Waals surface area (Å²) in [6.07, 6.45) is 1.70. The summed E-state index contributed by atoms with van der Waals surface area (Å²) in [5, 5.41) is 5.58. The Morgan fingerprint density at radius 3 is 2.39 bits per heavy atom. The number of pyridine rings is 1. The van der Waals surface area contributed by atoms with E-state index < -0.39 is 5.91 Å². The van der Waals surface area contributed by atoms with E-state index in [-0.39, 0.29) is 23.2 Å². The minimum Gasteiger partial charge on any atom is -0.349 e. The summed E-state index contributed by atoms with van der Waals surface area (Å²) in [5.41, 5.74) is 1.80. The number of carbonyl (C=O) groups is 3. The van der Waals surface area contributed by atoms with Crippen LogP contribution in [-0.2, 0) is 0 Å². The van der Waals surface area contributed by atoms with Crippen molar-refractivity contribution in [2.45, 2.75) is 20.8 Å². The Kier molecular flexibility index (Phi) is 5.54. The lowest BCUT2D eigenvalue weighted by Gasteiger charge is -2.06. The minimum atomic E-state index is -0.429. The van der Waals surface area contributed by atoms with Crippen LogP contribution < -0.4 is 10.6 Å². The number of carbonyl (C=O) groups excluding carboxylic acids is 3. The van der Waals surface area contributed by atoms with Gasteiger partial charge in [-0.15, -0.1) is 0 Å². The van der Waals surface area contributed by atoms with Crippen LogP contribution in [0.1, 0.15) is 52.2 Å². The molecule has 0 spiro atoms. The van der Waals surface area contributed by atoms with Gasteiger partial charge >= 0.3 is 0 Å². The minimum absolute atomic E-state index is 0.0463. The number of anilines is 1. The number of Topliss-reactive ketones (excluding diaryl/α,β-unsaturated/α-hetero) is 1. The lowest BCUT2D eigenvalue weighted by molar-refractivity contribution is 0.0937. The highest BCUT2D eigenvalue weighted by Gasteiger charge is 2.21. The maximum absolute atomic E-state index is 12.8. The molecule has 0 aliphatic heterocycles. The van der Waals surface area contributed by atoms with Crippen LogP contribution in [0, 0.1) is 5.92 Å². The summed E-state index contributed by atoms with van der Waals surface area (Å²) in [7, 11) is 0. The summed E-state index contributed by atoms with van der Waals surface area (Å²) < 4.78 is 1.60. The maximum atomic E-state index is 12.8. The van der Waals surface area contributed by atoms with Crippen LogP contribution in [0.5, 0.6) is 0 Å². The van der Waals surface area contributed by atoms with E-state index in [1.807, 2.05) is 13.8 Å². The molecule has 7 nitrogen and oxygen atoms in total. The normalized spacial score (nSPS) is 10.9. The van der Waals surface area contributed by atoms with Gasteiger partial charge in [-0.3, -0.25) is 18.8 Å². The highest BCUT2D eigenvalue weighted by Crippen LogP contribution is 2.17. The summed E-state index contributed by atoms with van der Waals surface area (Å²) in [6.45, 7) is 6.00. The zero-order valence-corrected chi connectivity index (χ0v) is 16.0. The largest absolute Gasteiger partial charge is 0.349 e. The molecule has 2 N–H and O–H groups in total. The number of aromatic nitrogens is 2. The number of amides is 2. The van der Waals surface area contributed by atoms with Crippen molar-refractivity contribution in [1.29, 1.82) is 0 Å². The summed E-state index contributed by atoms with van der Waals surface area (Å²) in [5.74, 6) is -0.346. The van der Waals surface area contributed by atoms with Gasteiger partial charge in [0.05, 0.1) is 5.52 Å². The van der Waals surface area contributed by atoms with Crippen molar-refractivity contribution in [3.05, 3.63) is 65.7 Å². The van der Waals surface area contributed by atoms with E-state index in [4.69, 9.17) is 0 Å². The van der Waals surface area contributed by atoms with Crippen LogP contribution >= 0.6 is 0 Å². The van der Waals surface area contributed by atoms with Crippen LogP contribution in [0.25, 0.3) is 5.52 Å². The quantitative estimate of drug-likeness (QED) is 0.645. The lowest BCUT2D eigenvalue weighted by atomic mass is 10.1. The average molecular weight is 378 g/mol. The first kappa shape index (κ1) is 19.3. The first-order valence-corrected chi connectivity index (χ1v) is 9.04. The van der Waals surface area contributed by atoms with Gasteiger partial charge in [0.2, 0.25) is 5.82 Å².